The second-order valence-electron chi connectivity index (χ2n) is 6.31. The molecule has 5 nitrogen and oxygen atoms in total. The molecule has 0 spiro atoms. The van der Waals surface area contributed by atoms with Crippen molar-refractivity contribution in [2.75, 3.05) is 5.32 Å². The van der Waals surface area contributed by atoms with Crippen molar-refractivity contribution >= 4 is 23.6 Å². The van der Waals surface area contributed by atoms with Crippen LogP contribution in [0.4, 0.5) is 5.69 Å². The van der Waals surface area contributed by atoms with Crippen LogP contribution in [0.2, 0.25) is 0 Å². The Hall–Kier alpha value is -3.86. The molecule has 1 aliphatic heterocycles. The van der Waals surface area contributed by atoms with Crippen LogP contribution in [0, 0.1) is 0 Å². The van der Waals surface area contributed by atoms with Gasteiger partial charge in [-0.2, -0.15) is 0 Å². The van der Waals surface area contributed by atoms with E-state index in [1.165, 1.54) is 0 Å². The summed E-state index contributed by atoms with van der Waals surface area (Å²) in [6, 6.07) is 25.5. The fraction of sp³-hybridized carbons (Fsp3) is 0.0435. The summed E-state index contributed by atoms with van der Waals surface area (Å²) < 4.78 is 5.55. The van der Waals surface area contributed by atoms with Gasteiger partial charge in [0.1, 0.15) is 0 Å². The lowest BCUT2D eigenvalue weighted by molar-refractivity contribution is 0.0386. The summed E-state index contributed by atoms with van der Waals surface area (Å²) in [6.45, 7) is 0. The van der Waals surface area contributed by atoms with E-state index in [9.17, 15) is 9.59 Å². The average molecular weight is 370 g/mol. The summed E-state index contributed by atoms with van der Waals surface area (Å²) in [5, 5.41) is 6.06. The number of ether oxygens (including phenoxy) is 1. The van der Waals surface area contributed by atoms with E-state index in [-0.39, 0.29) is 5.91 Å². The average Bonchev–Trinajstić information content (AvgIpc) is 2.74. The third-order valence-corrected chi connectivity index (χ3v) is 4.36. The molecule has 4 rings (SSSR count). The molecule has 5 heteroatoms. The Morgan fingerprint density at radius 2 is 1.54 bits per heavy atom. The molecule has 28 heavy (non-hydrogen) atoms. The predicted molar refractivity (Wildman–Crippen MR) is 108 cm³/mol. The molecule has 0 aliphatic carbocycles. The van der Waals surface area contributed by atoms with Gasteiger partial charge in [-0.15, -0.1) is 0 Å². The van der Waals surface area contributed by atoms with Gasteiger partial charge in [0, 0.05) is 5.56 Å². The smallest absolute Gasteiger partial charge is 0.342 e. The highest BCUT2D eigenvalue weighted by Crippen LogP contribution is 2.26. The van der Waals surface area contributed by atoms with Crippen LogP contribution in [0.3, 0.4) is 0 Å². The molecule has 3 aromatic rings. The molecule has 0 aromatic heterocycles. The molecule has 0 saturated carbocycles. The SMILES string of the molecule is O=C(N/C(=C\c1ccccc1)C1Nc2ccccc2C(=O)O1)c1ccccc1. The van der Waals surface area contributed by atoms with E-state index in [0.717, 1.165) is 5.56 Å². The van der Waals surface area contributed by atoms with E-state index in [1.807, 2.05) is 48.5 Å². The molecular weight excluding hydrogens is 352 g/mol. The number of para-hydroxylation sites is 1. The van der Waals surface area contributed by atoms with Gasteiger partial charge in [-0.1, -0.05) is 60.7 Å². The first kappa shape index (κ1) is 17.5. The van der Waals surface area contributed by atoms with E-state index in [0.29, 0.717) is 22.5 Å². The summed E-state index contributed by atoms with van der Waals surface area (Å²) in [7, 11) is 0. The number of anilines is 1. The van der Waals surface area contributed by atoms with Crippen molar-refractivity contribution < 1.29 is 14.3 Å². The third-order valence-electron chi connectivity index (χ3n) is 4.36. The molecule has 1 amide bonds. The lowest BCUT2D eigenvalue weighted by Gasteiger charge is -2.28. The minimum Gasteiger partial charge on any atom is -0.432 e. The Morgan fingerprint density at radius 3 is 2.29 bits per heavy atom. The van der Waals surface area contributed by atoms with Crippen molar-refractivity contribution in [2.24, 2.45) is 0 Å². The van der Waals surface area contributed by atoms with E-state index in [4.69, 9.17) is 4.74 Å². The maximum absolute atomic E-state index is 12.7. The second kappa shape index (κ2) is 7.80. The van der Waals surface area contributed by atoms with Gasteiger partial charge in [0.2, 0.25) is 6.23 Å². The molecule has 1 aliphatic rings. The van der Waals surface area contributed by atoms with Crippen LogP contribution in [0.15, 0.2) is 90.6 Å². The topological polar surface area (TPSA) is 67.4 Å². The number of nitrogens with one attached hydrogen (secondary N) is 2. The van der Waals surface area contributed by atoms with Crippen molar-refractivity contribution in [3.05, 3.63) is 107 Å². The Morgan fingerprint density at radius 1 is 0.893 bits per heavy atom. The molecule has 2 N–H and O–H groups in total. The third kappa shape index (κ3) is 3.78. The van der Waals surface area contributed by atoms with E-state index >= 15 is 0 Å². The molecule has 3 aromatic carbocycles. The summed E-state index contributed by atoms with van der Waals surface area (Å²) in [4.78, 5) is 25.1. The van der Waals surface area contributed by atoms with Gasteiger partial charge < -0.3 is 15.4 Å². The summed E-state index contributed by atoms with van der Waals surface area (Å²) in [5.74, 6) is -0.716. The van der Waals surface area contributed by atoms with Gasteiger partial charge in [0.05, 0.1) is 16.9 Å². The highest BCUT2D eigenvalue weighted by atomic mass is 16.6. The van der Waals surface area contributed by atoms with E-state index in [1.54, 1.807) is 42.5 Å². The van der Waals surface area contributed by atoms with Crippen LogP contribution < -0.4 is 10.6 Å². The second-order valence-corrected chi connectivity index (χ2v) is 6.31. The molecule has 138 valence electrons. The fourth-order valence-electron chi connectivity index (χ4n) is 2.97. The van der Waals surface area contributed by atoms with Crippen molar-refractivity contribution in [3.63, 3.8) is 0 Å². The number of carbonyl (C=O) groups excluding carboxylic acids is 2. The molecular formula is C23H18N2O3. The number of esters is 1. The van der Waals surface area contributed by atoms with Crippen molar-refractivity contribution in [1.82, 2.24) is 5.32 Å². The van der Waals surface area contributed by atoms with Crippen LogP contribution in [0.1, 0.15) is 26.3 Å². The van der Waals surface area contributed by atoms with Crippen LogP contribution in [-0.4, -0.2) is 18.1 Å². The quantitative estimate of drug-likeness (QED) is 0.680. The lowest BCUT2D eigenvalue weighted by atomic mass is 10.1. The first-order valence-electron chi connectivity index (χ1n) is 8.90. The molecule has 0 radical (unpaired) electrons. The highest BCUT2D eigenvalue weighted by Gasteiger charge is 2.29. The number of hydrogen-bond donors (Lipinski definition) is 2. The molecule has 0 bridgehead atoms. The number of rotatable bonds is 4. The van der Waals surface area contributed by atoms with Crippen LogP contribution in [0.5, 0.6) is 0 Å². The van der Waals surface area contributed by atoms with Gasteiger partial charge in [-0.3, -0.25) is 4.79 Å². The monoisotopic (exact) mass is 370 g/mol. The minimum absolute atomic E-state index is 0.278. The van der Waals surface area contributed by atoms with Gasteiger partial charge >= 0.3 is 5.97 Å². The van der Waals surface area contributed by atoms with Crippen LogP contribution in [-0.2, 0) is 4.74 Å². The summed E-state index contributed by atoms with van der Waals surface area (Å²) in [6.07, 6.45) is 0.981. The molecule has 0 saturated heterocycles. The largest absolute Gasteiger partial charge is 0.432 e. The van der Waals surface area contributed by atoms with Crippen molar-refractivity contribution in [2.45, 2.75) is 6.23 Å². The Kier molecular flexibility index (Phi) is 4.89. The zero-order valence-corrected chi connectivity index (χ0v) is 15.0. The molecule has 1 heterocycles. The Labute approximate surface area is 162 Å². The van der Waals surface area contributed by atoms with Crippen LogP contribution in [0.25, 0.3) is 6.08 Å². The van der Waals surface area contributed by atoms with E-state index in [2.05, 4.69) is 10.6 Å². The van der Waals surface area contributed by atoms with Crippen molar-refractivity contribution in [3.8, 4) is 0 Å². The zero-order valence-electron chi connectivity index (χ0n) is 15.0. The number of cyclic esters (lactones) is 1. The van der Waals surface area contributed by atoms with Gasteiger partial charge in [0.25, 0.3) is 5.91 Å². The molecule has 1 atom stereocenters. The number of hydrogen-bond acceptors (Lipinski definition) is 4. The van der Waals surface area contributed by atoms with Crippen LogP contribution >= 0.6 is 0 Å². The number of amides is 1. The number of fused-ring (bicyclic) bond motifs is 1. The lowest BCUT2D eigenvalue weighted by Crippen LogP contribution is -2.40. The number of carbonyl (C=O) groups is 2. The predicted octanol–water partition coefficient (Wildman–Crippen LogP) is 4.07. The Bertz CT molecular complexity index is 1030. The molecule has 0 fully saturated rings. The fourth-order valence-corrected chi connectivity index (χ4v) is 2.97. The molecule has 1 unspecified atom stereocenters. The minimum atomic E-state index is -0.810. The van der Waals surface area contributed by atoms with Gasteiger partial charge in [-0.25, -0.2) is 4.79 Å². The maximum atomic E-state index is 12.7. The summed E-state index contributed by atoms with van der Waals surface area (Å²) in [5.41, 5.74) is 2.97. The van der Waals surface area contributed by atoms with Gasteiger partial charge in [-0.05, 0) is 35.9 Å². The summed E-state index contributed by atoms with van der Waals surface area (Å²) >= 11 is 0. The normalized spacial score (nSPS) is 15.8. The first-order valence-corrected chi connectivity index (χ1v) is 8.90. The standard InChI is InChI=1S/C23H18N2O3/c26-21(17-11-5-2-6-12-17)24-20(15-16-9-3-1-4-10-16)22-25-19-14-8-7-13-18(19)23(27)28-22/h1-15,22,25H,(H,24,26)/b20-15-. The van der Waals surface area contributed by atoms with Crippen molar-refractivity contribution in [1.29, 1.82) is 0 Å². The maximum Gasteiger partial charge on any atom is 0.342 e. The first-order chi connectivity index (χ1) is 13.7. The highest BCUT2D eigenvalue weighted by molar-refractivity contribution is 5.99. The number of benzene rings is 3. The Balaban J connectivity index is 1.67. The van der Waals surface area contributed by atoms with Gasteiger partial charge in [0.15, 0.2) is 0 Å². The van der Waals surface area contributed by atoms with E-state index < -0.39 is 12.2 Å². The zero-order chi connectivity index (χ0) is 19.3.